The second-order valence-electron chi connectivity index (χ2n) is 10.7. The number of rotatable bonds is 5. The molecule has 2 aliphatic heterocycles. The lowest BCUT2D eigenvalue weighted by molar-refractivity contribution is 0.00115. The summed E-state index contributed by atoms with van der Waals surface area (Å²) >= 11 is 0. The van der Waals surface area contributed by atoms with Gasteiger partial charge >= 0.3 is 0 Å². The Morgan fingerprint density at radius 1 is 0.636 bits per heavy atom. The van der Waals surface area contributed by atoms with Gasteiger partial charge in [-0.15, -0.1) is 0 Å². The number of aliphatic hydroxyl groups is 2. The van der Waals surface area contributed by atoms with Gasteiger partial charge < -0.3 is 59.8 Å². The average Bonchev–Trinajstić information content (AvgIpc) is 3.00. The SMILES string of the molecule is COc1cc(O)c2c(c1)O[C@H](c1ccc(O)c(O)c1)[C@H](O)C2c1c(OC)cc(O)c2c1O[C@H](c1ccc(O)c(O)c1)[C@@H](O)C2. The van der Waals surface area contributed by atoms with Gasteiger partial charge in [0, 0.05) is 41.3 Å². The van der Waals surface area contributed by atoms with Crippen molar-refractivity contribution in [1.82, 2.24) is 0 Å². The van der Waals surface area contributed by atoms with Crippen molar-refractivity contribution in [1.29, 1.82) is 0 Å². The van der Waals surface area contributed by atoms with Gasteiger partial charge in [-0.1, -0.05) is 12.1 Å². The molecular formula is C32H30O12. The maximum Gasteiger partial charge on any atom is 0.157 e. The minimum absolute atomic E-state index is 0.0594. The highest BCUT2D eigenvalue weighted by molar-refractivity contribution is 5.66. The zero-order chi connectivity index (χ0) is 31.4. The van der Waals surface area contributed by atoms with E-state index in [0.29, 0.717) is 11.1 Å². The molecule has 4 aromatic carbocycles. The quantitative estimate of drug-likeness (QED) is 0.154. The van der Waals surface area contributed by atoms with Crippen molar-refractivity contribution in [3.63, 3.8) is 0 Å². The van der Waals surface area contributed by atoms with Gasteiger partial charge in [0.15, 0.2) is 29.1 Å². The predicted molar refractivity (Wildman–Crippen MR) is 153 cm³/mol. The molecule has 8 N–H and O–H groups in total. The van der Waals surface area contributed by atoms with E-state index in [1.807, 2.05) is 0 Å². The van der Waals surface area contributed by atoms with E-state index in [2.05, 4.69) is 0 Å². The minimum Gasteiger partial charge on any atom is -0.507 e. The maximum atomic E-state index is 12.0. The lowest BCUT2D eigenvalue weighted by atomic mass is 9.77. The minimum atomic E-state index is -1.47. The van der Waals surface area contributed by atoms with Crippen LogP contribution in [0.4, 0.5) is 0 Å². The Hall–Kier alpha value is -5.20. The number of fused-ring (bicyclic) bond motifs is 2. The topological polar surface area (TPSA) is 199 Å². The van der Waals surface area contributed by atoms with Gasteiger partial charge in [0.05, 0.1) is 26.2 Å². The first-order chi connectivity index (χ1) is 21.0. The molecule has 0 saturated carbocycles. The number of aromatic hydroxyl groups is 6. The summed E-state index contributed by atoms with van der Waals surface area (Å²) in [5.41, 5.74) is 1.19. The van der Waals surface area contributed by atoms with Crippen LogP contribution in [-0.2, 0) is 6.42 Å². The van der Waals surface area contributed by atoms with Crippen LogP contribution in [0.5, 0.6) is 57.5 Å². The Morgan fingerprint density at radius 3 is 1.86 bits per heavy atom. The molecular weight excluding hydrogens is 576 g/mol. The molecule has 230 valence electrons. The molecule has 4 aromatic rings. The van der Waals surface area contributed by atoms with Gasteiger partial charge in [-0.25, -0.2) is 0 Å². The van der Waals surface area contributed by atoms with Gasteiger partial charge in [0.25, 0.3) is 0 Å². The van der Waals surface area contributed by atoms with Crippen LogP contribution in [0.2, 0.25) is 0 Å². The molecule has 1 unspecified atom stereocenters. The summed E-state index contributed by atoms with van der Waals surface area (Å²) in [5.74, 6) is -2.72. The highest BCUT2D eigenvalue weighted by Gasteiger charge is 2.46. The Labute approximate surface area is 250 Å². The molecule has 12 nitrogen and oxygen atoms in total. The average molecular weight is 607 g/mol. The van der Waals surface area contributed by atoms with Crippen LogP contribution in [0.15, 0.2) is 54.6 Å². The molecule has 12 heteroatoms. The second kappa shape index (κ2) is 10.8. The Kier molecular flexibility index (Phi) is 7.10. The highest BCUT2D eigenvalue weighted by Crippen LogP contribution is 2.57. The van der Waals surface area contributed by atoms with Gasteiger partial charge in [-0.2, -0.15) is 0 Å². The summed E-state index contributed by atoms with van der Waals surface area (Å²) in [7, 11) is 2.76. The van der Waals surface area contributed by atoms with E-state index in [4.69, 9.17) is 18.9 Å². The summed E-state index contributed by atoms with van der Waals surface area (Å²) in [6.07, 6.45) is -4.99. The van der Waals surface area contributed by atoms with Gasteiger partial charge in [-0.3, -0.25) is 0 Å². The number of hydrogen-bond donors (Lipinski definition) is 8. The van der Waals surface area contributed by atoms with Crippen LogP contribution < -0.4 is 18.9 Å². The van der Waals surface area contributed by atoms with Crippen LogP contribution >= 0.6 is 0 Å². The number of methoxy groups -OCH3 is 2. The fourth-order valence-corrected chi connectivity index (χ4v) is 5.97. The number of aliphatic hydroxyl groups excluding tert-OH is 2. The zero-order valence-electron chi connectivity index (χ0n) is 23.5. The zero-order valence-corrected chi connectivity index (χ0v) is 23.5. The normalized spacial score (nSPS) is 22.2. The molecule has 2 heterocycles. The smallest absolute Gasteiger partial charge is 0.157 e. The number of phenolic OH excluding ortho intramolecular Hbond substituents is 6. The molecule has 44 heavy (non-hydrogen) atoms. The molecule has 0 fully saturated rings. The monoisotopic (exact) mass is 606 g/mol. The third-order valence-electron chi connectivity index (χ3n) is 8.10. The molecule has 6 rings (SSSR count). The standard InChI is InChI=1S/C32H30O12/c1-41-15-9-22(38)26-25(10-15)43-31(14-4-6-18(34)21(37)8-14)29(40)28(26)27-24(42-2)12-19(35)16-11-23(39)30(44-32(16)27)13-3-5-17(33)20(36)7-13/h3-10,12,23,28-31,33-40H,11H2,1-2H3/t23-,28?,29+,30+,31+/m0/s1. The lowest BCUT2D eigenvalue weighted by Gasteiger charge is -2.40. The van der Waals surface area contributed by atoms with Crippen molar-refractivity contribution < 1.29 is 59.8 Å². The van der Waals surface area contributed by atoms with Crippen LogP contribution in [0.3, 0.4) is 0 Å². The molecule has 0 spiro atoms. The fourth-order valence-electron chi connectivity index (χ4n) is 5.97. The van der Waals surface area contributed by atoms with E-state index in [1.54, 1.807) is 0 Å². The summed E-state index contributed by atoms with van der Waals surface area (Å²) in [4.78, 5) is 0. The first-order valence-electron chi connectivity index (χ1n) is 13.6. The molecule has 0 amide bonds. The molecule has 2 aliphatic rings. The van der Waals surface area contributed by atoms with Crippen LogP contribution in [0, 0.1) is 0 Å². The number of benzene rings is 4. The van der Waals surface area contributed by atoms with Crippen LogP contribution in [0.25, 0.3) is 0 Å². The van der Waals surface area contributed by atoms with Crippen molar-refractivity contribution in [3.8, 4) is 57.5 Å². The number of ether oxygens (including phenoxy) is 4. The Balaban J connectivity index is 1.58. The van der Waals surface area contributed by atoms with E-state index in [9.17, 15) is 40.9 Å². The van der Waals surface area contributed by atoms with E-state index < -0.39 is 41.8 Å². The molecule has 0 aromatic heterocycles. The summed E-state index contributed by atoms with van der Waals surface area (Å²) in [6, 6.07) is 12.1. The highest BCUT2D eigenvalue weighted by atomic mass is 16.5. The van der Waals surface area contributed by atoms with E-state index in [1.165, 1.54) is 68.8 Å². The maximum absolute atomic E-state index is 12.0. The van der Waals surface area contributed by atoms with Gasteiger partial charge in [0.1, 0.15) is 46.7 Å². The second-order valence-corrected chi connectivity index (χ2v) is 10.7. The summed E-state index contributed by atoms with van der Waals surface area (Å²) < 4.78 is 23.5. The molecule has 0 radical (unpaired) electrons. The van der Waals surface area contributed by atoms with E-state index in [-0.39, 0.29) is 69.1 Å². The largest absolute Gasteiger partial charge is 0.507 e. The van der Waals surface area contributed by atoms with Crippen molar-refractivity contribution in [2.75, 3.05) is 14.2 Å². The van der Waals surface area contributed by atoms with Crippen LogP contribution in [0.1, 0.15) is 45.9 Å². The summed E-state index contributed by atoms with van der Waals surface area (Å²) in [6.45, 7) is 0. The molecule has 0 aliphatic carbocycles. The first kappa shape index (κ1) is 28.9. The third kappa shape index (κ3) is 4.64. The lowest BCUT2D eigenvalue weighted by Crippen LogP contribution is -2.37. The number of hydrogen-bond acceptors (Lipinski definition) is 12. The first-order valence-corrected chi connectivity index (χ1v) is 13.6. The summed E-state index contributed by atoms with van der Waals surface area (Å²) in [5, 5.41) is 85.3. The Morgan fingerprint density at radius 2 is 1.27 bits per heavy atom. The van der Waals surface area contributed by atoms with Gasteiger partial charge in [-0.05, 0) is 35.4 Å². The van der Waals surface area contributed by atoms with Crippen molar-refractivity contribution in [3.05, 3.63) is 82.4 Å². The van der Waals surface area contributed by atoms with Crippen molar-refractivity contribution in [2.24, 2.45) is 0 Å². The predicted octanol–water partition coefficient (Wildman–Crippen LogP) is 3.60. The molecule has 0 bridgehead atoms. The molecule has 0 saturated heterocycles. The van der Waals surface area contributed by atoms with Crippen LogP contribution in [-0.4, -0.2) is 67.3 Å². The van der Waals surface area contributed by atoms with E-state index >= 15 is 0 Å². The van der Waals surface area contributed by atoms with Crippen molar-refractivity contribution in [2.45, 2.75) is 36.8 Å². The Bertz CT molecular complexity index is 1750. The van der Waals surface area contributed by atoms with Gasteiger partial charge in [0.2, 0.25) is 0 Å². The fraction of sp³-hybridized carbons (Fsp3) is 0.250. The molecule has 5 atom stereocenters. The third-order valence-corrected chi connectivity index (χ3v) is 8.10. The number of phenols is 6. The van der Waals surface area contributed by atoms with Crippen molar-refractivity contribution >= 4 is 0 Å². The van der Waals surface area contributed by atoms with E-state index in [0.717, 1.165) is 0 Å².